The van der Waals surface area contributed by atoms with Crippen molar-refractivity contribution in [1.29, 1.82) is 0 Å². The topological polar surface area (TPSA) is 58.6 Å². The first-order valence-electron chi connectivity index (χ1n) is 9.39. The number of ketones is 1. The Morgan fingerprint density at radius 1 is 1.04 bits per heavy atom. The Morgan fingerprint density at radius 3 is 2.29 bits per heavy atom. The molecule has 0 radical (unpaired) electrons. The predicted octanol–water partition coefficient (Wildman–Crippen LogP) is 3.52. The number of morpholine rings is 1. The minimum Gasteiger partial charge on any atom is -0.379 e. The standard InChI is InChI=1S/C22H25BrN2O3/c1-22(2,25-11-13-28-14-12-25)15-24-21(27)19-6-4-3-5-18(19)20(26)16-7-9-17(23)10-8-16/h3-10H,11-15H2,1-2H3,(H,24,27). The van der Waals surface area contributed by atoms with Crippen molar-refractivity contribution in [2.75, 3.05) is 32.8 Å². The van der Waals surface area contributed by atoms with E-state index in [0.29, 0.717) is 36.4 Å². The van der Waals surface area contributed by atoms with Crippen molar-refractivity contribution in [3.63, 3.8) is 0 Å². The predicted molar refractivity (Wildman–Crippen MR) is 113 cm³/mol. The Balaban J connectivity index is 1.73. The van der Waals surface area contributed by atoms with E-state index in [9.17, 15) is 9.59 Å². The van der Waals surface area contributed by atoms with Crippen molar-refractivity contribution in [3.8, 4) is 0 Å². The van der Waals surface area contributed by atoms with Crippen molar-refractivity contribution in [2.45, 2.75) is 19.4 Å². The third kappa shape index (κ3) is 4.87. The van der Waals surface area contributed by atoms with Crippen LogP contribution in [0, 0.1) is 0 Å². The van der Waals surface area contributed by atoms with Crippen LogP contribution in [-0.4, -0.2) is 55.0 Å². The molecule has 0 spiro atoms. The monoisotopic (exact) mass is 444 g/mol. The molecule has 1 saturated heterocycles. The van der Waals surface area contributed by atoms with Gasteiger partial charge in [-0.2, -0.15) is 0 Å². The van der Waals surface area contributed by atoms with Gasteiger partial charge in [-0.25, -0.2) is 0 Å². The average molecular weight is 445 g/mol. The van der Waals surface area contributed by atoms with Gasteiger partial charge in [0.15, 0.2) is 5.78 Å². The fourth-order valence-electron chi connectivity index (χ4n) is 3.31. The van der Waals surface area contributed by atoms with E-state index in [4.69, 9.17) is 4.74 Å². The maximum Gasteiger partial charge on any atom is 0.252 e. The van der Waals surface area contributed by atoms with Crippen LogP contribution in [0.3, 0.4) is 0 Å². The number of hydrogen-bond donors (Lipinski definition) is 1. The zero-order valence-corrected chi connectivity index (χ0v) is 17.8. The van der Waals surface area contributed by atoms with E-state index >= 15 is 0 Å². The summed E-state index contributed by atoms with van der Waals surface area (Å²) in [5.41, 5.74) is 1.17. The van der Waals surface area contributed by atoms with E-state index in [2.05, 4.69) is 40.0 Å². The zero-order valence-electron chi connectivity index (χ0n) is 16.2. The van der Waals surface area contributed by atoms with Crippen LogP contribution < -0.4 is 5.32 Å². The molecule has 28 heavy (non-hydrogen) atoms. The van der Waals surface area contributed by atoms with Crippen LogP contribution in [0.4, 0.5) is 0 Å². The second-order valence-electron chi connectivity index (χ2n) is 7.48. The van der Waals surface area contributed by atoms with Gasteiger partial charge in [0, 0.05) is 40.8 Å². The number of nitrogens with zero attached hydrogens (tertiary/aromatic N) is 1. The molecule has 1 N–H and O–H groups in total. The van der Waals surface area contributed by atoms with Crippen molar-refractivity contribution < 1.29 is 14.3 Å². The zero-order chi connectivity index (χ0) is 20.1. The van der Waals surface area contributed by atoms with Crippen molar-refractivity contribution in [1.82, 2.24) is 10.2 Å². The van der Waals surface area contributed by atoms with Gasteiger partial charge in [0.25, 0.3) is 5.91 Å². The van der Waals surface area contributed by atoms with Crippen LogP contribution in [0.1, 0.15) is 40.1 Å². The lowest BCUT2D eigenvalue weighted by atomic mass is 9.97. The Labute approximate surface area is 174 Å². The van der Waals surface area contributed by atoms with E-state index in [1.807, 2.05) is 12.1 Å². The van der Waals surface area contributed by atoms with E-state index in [1.165, 1.54) is 0 Å². The highest BCUT2D eigenvalue weighted by Crippen LogP contribution is 2.19. The van der Waals surface area contributed by atoms with Gasteiger partial charge in [0.1, 0.15) is 0 Å². The molecule has 0 aromatic heterocycles. The Kier molecular flexibility index (Phi) is 6.65. The summed E-state index contributed by atoms with van der Waals surface area (Å²) >= 11 is 3.37. The molecule has 0 unspecified atom stereocenters. The first kappa shape index (κ1) is 20.7. The molecule has 6 heteroatoms. The largest absolute Gasteiger partial charge is 0.379 e. The maximum atomic E-state index is 12.9. The van der Waals surface area contributed by atoms with E-state index in [0.717, 1.165) is 17.6 Å². The van der Waals surface area contributed by atoms with Crippen LogP contribution in [-0.2, 0) is 4.74 Å². The summed E-state index contributed by atoms with van der Waals surface area (Å²) in [5.74, 6) is -0.395. The first-order valence-corrected chi connectivity index (χ1v) is 10.2. The number of halogens is 1. The summed E-state index contributed by atoms with van der Waals surface area (Å²) in [6.45, 7) is 7.83. The normalized spacial score (nSPS) is 15.2. The molecule has 0 bridgehead atoms. The highest BCUT2D eigenvalue weighted by molar-refractivity contribution is 9.10. The highest BCUT2D eigenvalue weighted by atomic mass is 79.9. The number of carbonyl (C=O) groups excluding carboxylic acids is 2. The molecule has 3 rings (SSSR count). The smallest absolute Gasteiger partial charge is 0.252 e. The van der Waals surface area contributed by atoms with Gasteiger partial charge in [-0.3, -0.25) is 14.5 Å². The number of amides is 1. The molecule has 1 aliphatic heterocycles. The van der Waals surface area contributed by atoms with E-state index < -0.39 is 0 Å². The Bertz CT molecular complexity index is 843. The fraction of sp³-hybridized carbons (Fsp3) is 0.364. The van der Waals surface area contributed by atoms with Crippen molar-refractivity contribution >= 4 is 27.6 Å². The van der Waals surface area contributed by atoms with Crippen LogP contribution in [0.5, 0.6) is 0 Å². The third-order valence-electron chi connectivity index (χ3n) is 5.07. The van der Waals surface area contributed by atoms with Crippen molar-refractivity contribution in [2.24, 2.45) is 0 Å². The number of nitrogens with one attached hydrogen (secondary N) is 1. The number of ether oxygens (including phenoxy) is 1. The second-order valence-corrected chi connectivity index (χ2v) is 8.39. The molecule has 1 amide bonds. The highest BCUT2D eigenvalue weighted by Gasteiger charge is 2.29. The van der Waals surface area contributed by atoms with Gasteiger partial charge < -0.3 is 10.1 Å². The lowest BCUT2D eigenvalue weighted by Crippen LogP contribution is -2.55. The van der Waals surface area contributed by atoms with Crippen LogP contribution in [0.2, 0.25) is 0 Å². The Morgan fingerprint density at radius 2 is 1.64 bits per heavy atom. The number of rotatable bonds is 6. The number of hydrogen-bond acceptors (Lipinski definition) is 4. The van der Waals surface area contributed by atoms with Crippen molar-refractivity contribution in [3.05, 3.63) is 69.7 Å². The lowest BCUT2D eigenvalue weighted by molar-refractivity contribution is -0.00923. The molecule has 1 aliphatic rings. The molecule has 1 heterocycles. The average Bonchev–Trinajstić information content (AvgIpc) is 2.73. The maximum absolute atomic E-state index is 12.9. The molecular weight excluding hydrogens is 420 g/mol. The van der Waals surface area contributed by atoms with Gasteiger partial charge in [-0.05, 0) is 44.2 Å². The first-order chi connectivity index (χ1) is 13.4. The molecule has 1 fully saturated rings. The molecule has 0 aliphatic carbocycles. The van der Waals surface area contributed by atoms with E-state index in [1.54, 1.807) is 36.4 Å². The summed E-state index contributed by atoms with van der Waals surface area (Å²) < 4.78 is 6.31. The number of carbonyl (C=O) groups is 2. The molecule has 2 aromatic rings. The minimum atomic E-state index is -0.234. The van der Waals surface area contributed by atoms with Gasteiger partial charge >= 0.3 is 0 Å². The fourth-order valence-corrected chi connectivity index (χ4v) is 3.57. The van der Waals surface area contributed by atoms with Gasteiger partial charge in [-0.15, -0.1) is 0 Å². The summed E-state index contributed by atoms with van der Waals surface area (Å²) in [6.07, 6.45) is 0. The molecule has 0 atom stereocenters. The summed E-state index contributed by atoms with van der Waals surface area (Å²) in [4.78, 5) is 28.1. The summed E-state index contributed by atoms with van der Waals surface area (Å²) in [6, 6.07) is 14.1. The van der Waals surface area contributed by atoms with Gasteiger partial charge in [-0.1, -0.05) is 34.1 Å². The summed E-state index contributed by atoms with van der Waals surface area (Å²) in [5, 5.41) is 3.01. The molecule has 5 nitrogen and oxygen atoms in total. The SMILES string of the molecule is CC(C)(CNC(=O)c1ccccc1C(=O)c1ccc(Br)cc1)N1CCOCC1. The molecule has 2 aromatic carbocycles. The minimum absolute atomic E-state index is 0.161. The molecule has 148 valence electrons. The number of benzene rings is 2. The van der Waals surface area contributed by atoms with Gasteiger partial charge in [0.2, 0.25) is 0 Å². The van der Waals surface area contributed by atoms with E-state index in [-0.39, 0.29) is 17.2 Å². The lowest BCUT2D eigenvalue weighted by Gasteiger charge is -2.40. The third-order valence-corrected chi connectivity index (χ3v) is 5.60. The summed E-state index contributed by atoms with van der Waals surface area (Å²) in [7, 11) is 0. The Hall–Kier alpha value is -2.02. The second kappa shape index (κ2) is 8.99. The van der Waals surface area contributed by atoms with Crippen LogP contribution in [0.15, 0.2) is 53.0 Å². The van der Waals surface area contributed by atoms with Gasteiger partial charge in [0.05, 0.1) is 18.8 Å². The molecular formula is C22H25BrN2O3. The quantitative estimate of drug-likeness (QED) is 0.692. The molecule has 0 saturated carbocycles. The van der Waals surface area contributed by atoms with Crippen LogP contribution >= 0.6 is 15.9 Å². The van der Waals surface area contributed by atoms with Crippen LogP contribution in [0.25, 0.3) is 0 Å².